The first-order chi connectivity index (χ1) is 9.92. The smallest absolute Gasteiger partial charge is 0.346 e. The second-order valence-electron chi connectivity index (χ2n) is 5.93. The lowest BCUT2D eigenvalue weighted by Crippen LogP contribution is -2.52. The first kappa shape index (κ1) is 16.1. The average Bonchev–Trinajstić information content (AvgIpc) is 2.48. The number of hydrogen-bond acceptors (Lipinski definition) is 4. The minimum absolute atomic E-state index is 0.241. The predicted molar refractivity (Wildman–Crippen MR) is 83.3 cm³/mol. The van der Waals surface area contributed by atoms with E-state index in [1.807, 2.05) is 26.0 Å². The molecule has 5 nitrogen and oxygen atoms in total. The monoisotopic (exact) mass is 309 g/mol. The summed E-state index contributed by atoms with van der Waals surface area (Å²) in [6.45, 7) is 8.55. The molecule has 114 valence electrons. The van der Waals surface area contributed by atoms with Crippen molar-refractivity contribution in [1.29, 1.82) is 0 Å². The molecule has 1 aliphatic heterocycles. The zero-order valence-electron chi connectivity index (χ0n) is 12.5. The number of rotatable bonds is 5. The Hall–Kier alpha value is -1.29. The number of piperazine rings is 1. The highest BCUT2D eigenvalue weighted by Crippen LogP contribution is 2.27. The molecule has 1 atom stereocenters. The molecule has 2 rings (SSSR count). The van der Waals surface area contributed by atoms with E-state index < -0.39 is 5.97 Å². The van der Waals surface area contributed by atoms with Gasteiger partial charge in [-0.3, -0.25) is 9.80 Å². The third-order valence-corrected chi connectivity index (χ3v) is 4.84. The first-order valence-corrected chi connectivity index (χ1v) is 8.02. The van der Waals surface area contributed by atoms with Crippen molar-refractivity contribution >= 4 is 14.4 Å². The van der Waals surface area contributed by atoms with Gasteiger partial charge in [-0.15, -0.1) is 0 Å². The van der Waals surface area contributed by atoms with Crippen LogP contribution in [0, 0.1) is 0 Å². The van der Waals surface area contributed by atoms with Gasteiger partial charge in [-0.1, -0.05) is 16.7 Å². The van der Waals surface area contributed by atoms with E-state index >= 15 is 0 Å². The van der Waals surface area contributed by atoms with Crippen molar-refractivity contribution in [2.24, 2.45) is 0 Å². The third kappa shape index (κ3) is 4.10. The Morgan fingerprint density at radius 1 is 1.19 bits per heavy atom. The Kier molecular flexibility index (Phi) is 5.09. The van der Waals surface area contributed by atoms with E-state index in [4.69, 9.17) is 5.11 Å². The predicted octanol–water partition coefficient (Wildman–Crippen LogP) is 2.26. The summed E-state index contributed by atoms with van der Waals surface area (Å²) in [5.41, 5.74) is 1.44. The Morgan fingerprint density at radius 2 is 1.76 bits per heavy atom. The van der Waals surface area contributed by atoms with Gasteiger partial charge in [-0.2, -0.15) is 0 Å². The van der Waals surface area contributed by atoms with Gasteiger partial charge in [0.2, 0.25) is 5.28 Å². The summed E-state index contributed by atoms with van der Waals surface area (Å²) in [6, 6.07) is 7.04. The molecule has 1 saturated heterocycles. The number of carbonyl (C=O) groups is 1. The number of hydrogen-bond donors (Lipinski definition) is 1. The molecule has 0 amide bonds. The van der Waals surface area contributed by atoms with Crippen molar-refractivity contribution in [2.75, 3.05) is 26.2 Å². The molecule has 0 radical (unpaired) electrons. The third-order valence-electron chi connectivity index (χ3n) is 4.02. The summed E-state index contributed by atoms with van der Waals surface area (Å²) < 4.78 is 11.2. The molecule has 1 fully saturated rings. The maximum atomic E-state index is 11.2. The molecular formula is C15H22N2O3P+. The van der Waals surface area contributed by atoms with Gasteiger partial charge in [-0.25, -0.2) is 4.79 Å². The van der Waals surface area contributed by atoms with Crippen LogP contribution in [-0.4, -0.2) is 52.3 Å². The van der Waals surface area contributed by atoms with Gasteiger partial charge in [0.1, 0.15) is 0 Å². The SMILES string of the molecule is CC(C)([PH+]=O)N1CCN(Cc2ccc(C(=O)O)cc2)CC1. The van der Waals surface area contributed by atoms with Crippen molar-refractivity contribution in [3.63, 3.8) is 0 Å². The molecule has 0 saturated carbocycles. The molecule has 1 aliphatic rings. The maximum Gasteiger partial charge on any atom is 0.346 e. The summed E-state index contributed by atoms with van der Waals surface area (Å²) >= 11 is 0. The highest BCUT2D eigenvalue weighted by Gasteiger charge is 2.36. The van der Waals surface area contributed by atoms with Gasteiger partial charge < -0.3 is 5.11 Å². The van der Waals surface area contributed by atoms with Crippen molar-refractivity contribution < 1.29 is 14.5 Å². The van der Waals surface area contributed by atoms with E-state index in [9.17, 15) is 9.36 Å². The molecular weight excluding hydrogens is 287 g/mol. The van der Waals surface area contributed by atoms with Gasteiger partial charge >= 0.3 is 14.4 Å². The molecule has 6 heteroatoms. The lowest BCUT2D eigenvalue weighted by molar-refractivity contribution is 0.0697. The Bertz CT molecular complexity index is 508. The second kappa shape index (κ2) is 6.65. The molecule has 1 aromatic rings. The topological polar surface area (TPSA) is 60.9 Å². The number of carboxylic acid groups (broad SMARTS) is 1. The van der Waals surface area contributed by atoms with E-state index in [-0.39, 0.29) is 13.7 Å². The summed E-state index contributed by atoms with van der Waals surface area (Å²) in [6.07, 6.45) is 0. The fraction of sp³-hybridized carbons (Fsp3) is 0.533. The fourth-order valence-electron chi connectivity index (χ4n) is 2.54. The fourth-order valence-corrected chi connectivity index (χ4v) is 2.89. The minimum atomic E-state index is -0.893. The van der Waals surface area contributed by atoms with E-state index in [0.29, 0.717) is 5.56 Å². The maximum absolute atomic E-state index is 11.2. The van der Waals surface area contributed by atoms with Crippen LogP contribution in [0.3, 0.4) is 0 Å². The molecule has 0 aliphatic carbocycles. The molecule has 0 bridgehead atoms. The molecule has 21 heavy (non-hydrogen) atoms. The van der Waals surface area contributed by atoms with E-state index in [1.165, 1.54) is 0 Å². The van der Waals surface area contributed by atoms with Gasteiger partial charge in [0.25, 0.3) is 0 Å². The Morgan fingerprint density at radius 3 is 2.24 bits per heavy atom. The van der Waals surface area contributed by atoms with E-state index in [1.54, 1.807) is 12.1 Å². The summed E-state index contributed by atoms with van der Waals surface area (Å²) in [5, 5.41) is 8.64. The summed E-state index contributed by atoms with van der Waals surface area (Å²) in [4.78, 5) is 15.4. The normalized spacial score (nSPS) is 18.0. The lowest BCUT2D eigenvalue weighted by Gasteiger charge is -2.37. The van der Waals surface area contributed by atoms with E-state index in [0.717, 1.165) is 38.3 Å². The Labute approximate surface area is 126 Å². The van der Waals surface area contributed by atoms with Crippen LogP contribution >= 0.6 is 8.46 Å². The molecule has 1 N–H and O–H groups in total. The van der Waals surface area contributed by atoms with Crippen LogP contribution < -0.4 is 0 Å². The summed E-state index contributed by atoms with van der Waals surface area (Å²) in [7, 11) is -0.321. The number of carboxylic acids is 1. The molecule has 1 aromatic carbocycles. The van der Waals surface area contributed by atoms with Crippen LogP contribution in [0.5, 0.6) is 0 Å². The van der Waals surface area contributed by atoms with Gasteiger partial charge in [0.05, 0.1) is 5.56 Å². The first-order valence-electron chi connectivity index (χ1n) is 7.11. The number of benzene rings is 1. The van der Waals surface area contributed by atoms with Crippen molar-refractivity contribution in [2.45, 2.75) is 25.7 Å². The molecule has 1 heterocycles. The standard InChI is InChI=1S/C15H21N2O3P/c1-15(2,21-20)17-9-7-16(8-10-17)11-12-3-5-13(6-4-12)14(18)19/h3-6H,7-11H2,1-2H3,(H,18,19)/p+1. The summed E-state index contributed by atoms with van der Waals surface area (Å²) in [5.74, 6) is -0.893. The van der Waals surface area contributed by atoms with Crippen LogP contribution in [0.25, 0.3) is 0 Å². The lowest BCUT2D eigenvalue weighted by atomic mass is 10.1. The average molecular weight is 309 g/mol. The zero-order chi connectivity index (χ0) is 15.5. The van der Waals surface area contributed by atoms with Gasteiger partial charge in [0.15, 0.2) is 0 Å². The quantitative estimate of drug-likeness (QED) is 0.845. The van der Waals surface area contributed by atoms with Gasteiger partial charge in [-0.05, 0) is 31.5 Å². The van der Waals surface area contributed by atoms with Crippen LogP contribution in [0.15, 0.2) is 24.3 Å². The van der Waals surface area contributed by atoms with Crippen LogP contribution in [0.2, 0.25) is 0 Å². The number of aromatic carboxylic acids is 1. The minimum Gasteiger partial charge on any atom is -0.478 e. The molecule has 1 unspecified atom stereocenters. The van der Waals surface area contributed by atoms with Crippen molar-refractivity contribution in [3.8, 4) is 0 Å². The van der Waals surface area contributed by atoms with E-state index in [2.05, 4.69) is 9.80 Å². The highest BCUT2D eigenvalue weighted by molar-refractivity contribution is 7.25. The zero-order valence-corrected chi connectivity index (χ0v) is 13.5. The second-order valence-corrected chi connectivity index (χ2v) is 7.35. The molecule has 0 aromatic heterocycles. The Balaban J connectivity index is 1.89. The van der Waals surface area contributed by atoms with Crippen LogP contribution in [-0.2, 0) is 11.1 Å². The largest absolute Gasteiger partial charge is 0.478 e. The van der Waals surface area contributed by atoms with Crippen LogP contribution in [0.4, 0.5) is 0 Å². The van der Waals surface area contributed by atoms with Gasteiger partial charge in [0, 0.05) is 32.7 Å². The van der Waals surface area contributed by atoms with Crippen molar-refractivity contribution in [3.05, 3.63) is 35.4 Å². The number of nitrogens with zero attached hydrogens (tertiary/aromatic N) is 2. The van der Waals surface area contributed by atoms with Crippen molar-refractivity contribution in [1.82, 2.24) is 9.80 Å². The highest BCUT2D eigenvalue weighted by atomic mass is 31.1. The van der Waals surface area contributed by atoms with Crippen LogP contribution in [0.1, 0.15) is 29.8 Å². The molecule has 0 spiro atoms.